The molecule has 2 rings (SSSR count). The molecule has 0 saturated heterocycles. The van der Waals surface area contributed by atoms with Gasteiger partial charge in [0, 0.05) is 18.1 Å². The Kier molecular flexibility index (Phi) is 3.11. The molecule has 0 bridgehead atoms. The lowest BCUT2D eigenvalue weighted by atomic mass is 9.82. The van der Waals surface area contributed by atoms with Crippen LogP contribution in [0.3, 0.4) is 0 Å². The maximum absolute atomic E-state index is 11.9. The Hall–Kier alpha value is -1.48. The summed E-state index contributed by atoms with van der Waals surface area (Å²) >= 11 is 0. The van der Waals surface area contributed by atoms with Crippen LogP contribution >= 0.6 is 0 Å². The molecule has 3 nitrogen and oxygen atoms in total. The average Bonchev–Trinajstić information content (AvgIpc) is 2.29. The lowest BCUT2D eigenvalue weighted by molar-refractivity contribution is 0.0800. The van der Waals surface area contributed by atoms with Crippen LogP contribution in [0.2, 0.25) is 0 Å². The van der Waals surface area contributed by atoms with Crippen molar-refractivity contribution in [2.75, 3.05) is 6.61 Å². The van der Waals surface area contributed by atoms with Gasteiger partial charge < -0.3 is 9.84 Å². The van der Waals surface area contributed by atoms with Crippen molar-refractivity contribution in [1.82, 2.24) is 0 Å². The van der Waals surface area contributed by atoms with E-state index in [1.54, 1.807) is 12.1 Å². The van der Waals surface area contributed by atoms with E-state index in [1.165, 1.54) is 0 Å². The van der Waals surface area contributed by atoms with E-state index in [9.17, 15) is 5.11 Å². The van der Waals surface area contributed by atoms with Crippen molar-refractivity contribution in [2.24, 2.45) is 5.41 Å². The third-order valence-electron chi connectivity index (χ3n) is 3.24. The summed E-state index contributed by atoms with van der Waals surface area (Å²) in [6.45, 7) is 4.08. The topological polar surface area (TPSA) is 49.4 Å². The molecule has 1 aliphatic heterocycles. The molecule has 1 radical (unpaired) electrons. The van der Waals surface area contributed by atoms with E-state index < -0.39 is 0 Å². The Morgan fingerprint density at radius 1 is 1.35 bits per heavy atom. The number of hydrogen-bond acceptors (Lipinski definition) is 2. The lowest BCUT2D eigenvalue weighted by Crippen LogP contribution is -2.35. The summed E-state index contributed by atoms with van der Waals surface area (Å²) in [6, 6.07) is 7.26. The minimum atomic E-state index is -0.281. The highest BCUT2D eigenvalue weighted by atomic mass is 16.5. The van der Waals surface area contributed by atoms with E-state index in [2.05, 4.69) is 0 Å². The summed E-state index contributed by atoms with van der Waals surface area (Å²) in [6.07, 6.45) is 1.93. The normalized spacial score (nSPS) is 19.2. The van der Waals surface area contributed by atoms with Crippen molar-refractivity contribution >= 4 is 5.76 Å². The van der Waals surface area contributed by atoms with Gasteiger partial charge in [-0.2, -0.15) is 0 Å². The van der Waals surface area contributed by atoms with Crippen molar-refractivity contribution in [3.05, 3.63) is 35.9 Å². The number of fused-ring (bicyclic) bond motifs is 1. The SMILES string of the molecule is CC(C)(CCO)C1C=C([O])c2ccccc2O1. The molecule has 17 heavy (non-hydrogen) atoms. The monoisotopic (exact) mass is 233 g/mol. The zero-order valence-corrected chi connectivity index (χ0v) is 10.1. The molecule has 0 fully saturated rings. The second-order valence-corrected chi connectivity index (χ2v) is 5.03. The fraction of sp³-hybridized carbons (Fsp3) is 0.429. The van der Waals surface area contributed by atoms with Crippen LogP contribution < -0.4 is 4.74 Å². The number of para-hydroxylation sites is 1. The largest absolute Gasteiger partial charge is 0.485 e. The van der Waals surface area contributed by atoms with E-state index in [0.717, 1.165) is 0 Å². The quantitative estimate of drug-likeness (QED) is 0.872. The minimum Gasteiger partial charge on any atom is -0.485 e. The highest BCUT2D eigenvalue weighted by Crippen LogP contribution is 2.37. The van der Waals surface area contributed by atoms with Crippen LogP contribution in [0.1, 0.15) is 25.8 Å². The predicted molar refractivity (Wildman–Crippen MR) is 65.0 cm³/mol. The molecule has 0 saturated carbocycles. The molecule has 3 heteroatoms. The number of aliphatic hydroxyl groups is 1. The van der Waals surface area contributed by atoms with Crippen LogP contribution in [0.4, 0.5) is 0 Å². The van der Waals surface area contributed by atoms with Crippen LogP contribution in [0, 0.1) is 5.41 Å². The first-order chi connectivity index (χ1) is 8.04. The maximum Gasteiger partial charge on any atom is 0.189 e. The van der Waals surface area contributed by atoms with Gasteiger partial charge in [0.15, 0.2) is 5.76 Å². The van der Waals surface area contributed by atoms with Gasteiger partial charge in [-0.1, -0.05) is 26.0 Å². The molecule has 1 N–H and O–H groups in total. The molecular weight excluding hydrogens is 216 g/mol. The summed E-state index contributed by atoms with van der Waals surface area (Å²) in [5, 5.41) is 21.0. The molecule has 1 aromatic rings. The van der Waals surface area contributed by atoms with E-state index in [1.807, 2.05) is 32.0 Å². The molecule has 1 atom stereocenters. The van der Waals surface area contributed by atoms with Gasteiger partial charge in [-0.25, -0.2) is 0 Å². The molecule has 1 unspecified atom stereocenters. The lowest BCUT2D eigenvalue weighted by Gasteiger charge is -2.34. The second kappa shape index (κ2) is 4.41. The summed E-state index contributed by atoms with van der Waals surface area (Å²) in [7, 11) is 0. The molecule has 0 amide bonds. The van der Waals surface area contributed by atoms with Crippen molar-refractivity contribution in [3.63, 3.8) is 0 Å². The molecule has 0 spiro atoms. The zero-order valence-electron chi connectivity index (χ0n) is 10.1. The predicted octanol–water partition coefficient (Wildman–Crippen LogP) is 2.63. The Bertz CT molecular complexity index is 435. The Morgan fingerprint density at radius 3 is 2.76 bits per heavy atom. The van der Waals surface area contributed by atoms with E-state index in [-0.39, 0.29) is 23.9 Å². The first-order valence-electron chi connectivity index (χ1n) is 5.80. The second-order valence-electron chi connectivity index (χ2n) is 5.03. The Labute approximate surface area is 101 Å². The number of rotatable bonds is 3. The first-order valence-corrected chi connectivity index (χ1v) is 5.80. The molecule has 1 heterocycles. The van der Waals surface area contributed by atoms with Crippen molar-refractivity contribution in [1.29, 1.82) is 0 Å². The Morgan fingerprint density at radius 2 is 2.06 bits per heavy atom. The van der Waals surface area contributed by atoms with Crippen LogP contribution in [0.15, 0.2) is 30.3 Å². The fourth-order valence-electron chi connectivity index (χ4n) is 1.99. The van der Waals surface area contributed by atoms with Crippen LogP contribution in [-0.4, -0.2) is 17.8 Å². The van der Waals surface area contributed by atoms with Gasteiger partial charge in [-0.3, -0.25) is 5.11 Å². The molecule has 1 aliphatic rings. The Balaban J connectivity index is 2.30. The van der Waals surface area contributed by atoms with Gasteiger partial charge in [0.05, 0.1) is 5.56 Å². The van der Waals surface area contributed by atoms with Gasteiger partial charge in [-0.15, -0.1) is 0 Å². The van der Waals surface area contributed by atoms with Crippen molar-refractivity contribution in [3.8, 4) is 5.75 Å². The van der Waals surface area contributed by atoms with Gasteiger partial charge in [0.25, 0.3) is 0 Å². The van der Waals surface area contributed by atoms with Crippen LogP contribution in [0.5, 0.6) is 5.75 Å². The third-order valence-corrected chi connectivity index (χ3v) is 3.24. The smallest absolute Gasteiger partial charge is 0.189 e. The summed E-state index contributed by atoms with van der Waals surface area (Å²) in [4.78, 5) is 0. The van der Waals surface area contributed by atoms with Gasteiger partial charge in [-0.05, 0) is 18.6 Å². The summed E-state index contributed by atoms with van der Waals surface area (Å²) < 4.78 is 5.83. The molecular formula is C14H17O3. The number of ether oxygens (including phenoxy) is 1. The third kappa shape index (κ3) is 2.29. The molecule has 0 aliphatic carbocycles. The van der Waals surface area contributed by atoms with E-state index in [4.69, 9.17) is 9.84 Å². The highest BCUT2D eigenvalue weighted by molar-refractivity contribution is 5.66. The molecule has 1 aromatic carbocycles. The summed E-state index contributed by atoms with van der Waals surface area (Å²) in [5.41, 5.74) is 0.362. The minimum absolute atomic E-state index is 0.00265. The van der Waals surface area contributed by atoms with Crippen molar-refractivity contribution in [2.45, 2.75) is 26.4 Å². The highest BCUT2D eigenvalue weighted by Gasteiger charge is 2.33. The summed E-state index contributed by atoms with van der Waals surface area (Å²) in [5.74, 6) is 0.638. The van der Waals surface area contributed by atoms with Crippen molar-refractivity contribution < 1.29 is 14.9 Å². The van der Waals surface area contributed by atoms with Crippen LogP contribution in [-0.2, 0) is 5.11 Å². The first kappa shape index (κ1) is 12.0. The number of benzene rings is 1. The molecule has 0 aromatic heterocycles. The van der Waals surface area contributed by atoms with E-state index in [0.29, 0.717) is 17.7 Å². The maximum atomic E-state index is 11.9. The van der Waals surface area contributed by atoms with E-state index >= 15 is 0 Å². The standard InChI is InChI=1S/C14H17O3/c1-14(2,7-8-15)13-9-11(16)10-5-3-4-6-12(10)17-13/h3-6,9,13,15H,7-8H2,1-2H3. The average molecular weight is 233 g/mol. The fourth-order valence-corrected chi connectivity index (χ4v) is 1.99. The molecule has 91 valence electrons. The van der Waals surface area contributed by atoms with Crippen LogP contribution in [0.25, 0.3) is 5.76 Å². The number of hydrogen-bond donors (Lipinski definition) is 1. The van der Waals surface area contributed by atoms with Gasteiger partial charge in [0.2, 0.25) is 0 Å². The zero-order chi connectivity index (χ0) is 12.5. The van der Waals surface area contributed by atoms with Gasteiger partial charge >= 0.3 is 0 Å². The number of aliphatic hydroxyl groups excluding tert-OH is 1. The van der Waals surface area contributed by atoms with Gasteiger partial charge in [0.1, 0.15) is 11.9 Å².